The van der Waals surface area contributed by atoms with E-state index in [1.54, 1.807) is 19.0 Å². The van der Waals surface area contributed by atoms with Crippen LogP contribution in [0.1, 0.15) is 40.5 Å². The molecule has 0 radical (unpaired) electrons. The molecule has 0 atom stereocenters. The fraction of sp³-hybridized carbons (Fsp3) is 0.400. The Morgan fingerprint density at radius 3 is 2.45 bits per heavy atom. The summed E-state index contributed by atoms with van der Waals surface area (Å²) in [7, 11) is 3.48. The Bertz CT molecular complexity index is 638. The highest BCUT2D eigenvalue weighted by Gasteiger charge is 2.34. The number of aryl methyl sites for hydroxylation is 1. The Morgan fingerprint density at radius 2 is 1.90 bits per heavy atom. The van der Waals surface area contributed by atoms with Gasteiger partial charge in [-0.05, 0) is 31.9 Å². The summed E-state index contributed by atoms with van der Waals surface area (Å²) in [5.41, 5.74) is 3.60. The molecule has 20 heavy (non-hydrogen) atoms. The second-order valence-electron chi connectivity index (χ2n) is 5.54. The van der Waals surface area contributed by atoms with Crippen molar-refractivity contribution in [2.75, 3.05) is 14.1 Å². The third-order valence-electron chi connectivity index (χ3n) is 3.56. The Morgan fingerprint density at radius 1 is 1.25 bits per heavy atom. The summed E-state index contributed by atoms with van der Waals surface area (Å²) < 4.78 is 1.81. The van der Waals surface area contributed by atoms with Crippen LogP contribution in [0.5, 0.6) is 0 Å². The average molecular weight is 270 g/mol. The van der Waals surface area contributed by atoms with E-state index in [1.807, 2.05) is 35.9 Å². The highest BCUT2D eigenvalue weighted by atomic mass is 16.2. The van der Waals surface area contributed by atoms with E-state index >= 15 is 0 Å². The zero-order valence-corrected chi connectivity index (χ0v) is 12.0. The van der Waals surface area contributed by atoms with Crippen LogP contribution in [0, 0.1) is 6.92 Å². The summed E-state index contributed by atoms with van der Waals surface area (Å²) in [6, 6.07) is 8.11. The molecule has 0 saturated heterocycles. The largest absolute Gasteiger partial charge is 0.343 e. The number of carbonyl (C=O) groups excluding carboxylic acids is 1. The first-order valence-corrected chi connectivity index (χ1v) is 6.82. The van der Waals surface area contributed by atoms with Crippen LogP contribution in [0.2, 0.25) is 0 Å². The maximum Gasteiger partial charge on any atom is 0.275 e. The summed E-state index contributed by atoms with van der Waals surface area (Å²) in [6.45, 7) is 2.05. The van der Waals surface area contributed by atoms with Crippen LogP contribution < -0.4 is 0 Å². The van der Waals surface area contributed by atoms with E-state index in [9.17, 15) is 4.79 Å². The van der Waals surface area contributed by atoms with Gasteiger partial charge >= 0.3 is 0 Å². The highest BCUT2D eigenvalue weighted by Crippen LogP contribution is 2.42. The molecule has 5 nitrogen and oxygen atoms in total. The van der Waals surface area contributed by atoms with Crippen molar-refractivity contribution in [2.45, 2.75) is 25.7 Å². The molecule has 1 amide bonds. The normalized spacial score (nSPS) is 14.3. The van der Waals surface area contributed by atoms with Gasteiger partial charge in [-0.25, -0.2) is 4.68 Å². The predicted molar refractivity (Wildman–Crippen MR) is 76.1 cm³/mol. The molecule has 0 aliphatic heterocycles. The first kappa shape index (κ1) is 12.8. The van der Waals surface area contributed by atoms with E-state index in [0.29, 0.717) is 11.6 Å². The van der Waals surface area contributed by atoms with Gasteiger partial charge in [-0.15, -0.1) is 5.10 Å². The Hall–Kier alpha value is -2.17. The van der Waals surface area contributed by atoms with Crippen molar-refractivity contribution in [1.29, 1.82) is 0 Å². The third-order valence-corrected chi connectivity index (χ3v) is 3.56. The average Bonchev–Trinajstić information content (AvgIpc) is 3.18. The van der Waals surface area contributed by atoms with Crippen molar-refractivity contribution in [1.82, 2.24) is 19.9 Å². The number of amides is 1. The maximum absolute atomic E-state index is 12.2. The molecule has 3 rings (SSSR count). The fourth-order valence-corrected chi connectivity index (χ4v) is 2.25. The van der Waals surface area contributed by atoms with Gasteiger partial charge in [-0.2, -0.15) is 0 Å². The van der Waals surface area contributed by atoms with E-state index in [2.05, 4.69) is 10.3 Å². The molecule has 1 fully saturated rings. The third kappa shape index (κ3) is 2.19. The lowest BCUT2D eigenvalue weighted by Gasteiger charge is -2.10. The van der Waals surface area contributed by atoms with Gasteiger partial charge in [-0.3, -0.25) is 4.79 Å². The molecule has 1 aromatic carbocycles. The van der Waals surface area contributed by atoms with Gasteiger partial charge in [0, 0.05) is 20.0 Å². The Balaban J connectivity index is 2.08. The number of nitrogens with zero attached hydrogens (tertiary/aromatic N) is 4. The van der Waals surface area contributed by atoms with Gasteiger partial charge in [0.15, 0.2) is 5.69 Å². The number of hydrogen-bond acceptors (Lipinski definition) is 3. The van der Waals surface area contributed by atoms with Crippen molar-refractivity contribution in [3.8, 4) is 5.69 Å². The van der Waals surface area contributed by atoms with E-state index in [1.165, 1.54) is 5.56 Å². The molecule has 0 spiro atoms. The molecule has 1 heterocycles. The van der Waals surface area contributed by atoms with E-state index < -0.39 is 0 Å². The summed E-state index contributed by atoms with van der Waals surface area (Å²) >= 11 is 0. The topological polar surface area (TPSA) is 51.0 Å². The van der Waals surface area contributed by atoms with Gasteiger partial charge in [0.05, 0.1) is 11.4 Å². The van der Waals surface area contributed by atoms with Crippen LogP contribution in [-0.4, -0.2) is 39.9 Å². The molecule has 104 valence electrons. The second-order valence-corrected chi connectivity index (χ2v) is 5.54. The first-order valence-electron chi connectivity index (χ1n) is 6.82. The Kier molecular flexibility index (Phi) is 3.04. The molecule has 1 aromatic heterocycles. The molecule has 1 aliphatic carbocycles. The van der Waals surface area contributed by atoms with Crippen molar-refractivity contribution >= 4 is 5.91 Å². The summed E-state index contributed by atoms with van der Waals surface area (Å²) in [5, 5.41) is 8.32. The quantitative estimate of drug-likeness (QED) is 0.858. The van der Waals surface area contributed by atoms with Gasteiger partial charge in [0.2, 0.25) is 0 Å². The molecular formula is C15H18N4O. The first-order chi connectivity index (χ1) is 9.58. The molecule has 2 aromatic rings. The molecule has 1 aliphatic rings. The SMILES string of the molecule is Cc1ccc(-n2nnc(C(=O)N(C)C)c2C2CC2)cc1. The van der Waals surface area contributed by atoms with Crippen molar-refractivity contribution < 1.29 is 4.79 Å². The lowest BCUT2D eigenvalue weighted by molar-refractivity contribution is 0.0820. The molecule has 0 bridgehead atoms. The van der Waals surface area contributed by atoms with Crippen LogP contribution in [0.3, 0.4) is 0 Å². The van der Waals surface area contributed by atoms with Crippen LogP contribution in [0.25, 0.3) is 5.69 Å². The van der Waals surface area contributed by atoms with Crippen LogP contribution >= 0.6 is 0 Å². The molecule has 1 saturated carbocycles. The Labute approximate surface area is 118 Å². The van der Waals surface area contributed by atoms with Gasteiger partial charge < -0.3 is 4.90 Å². The minimum absolute atomic E-state index is 0.0785. The summed E-state index contributed by atoms with van der Waals surface area (Å²) in [4.78, 5) is 13.8. The van der Waals surface area contributed by atoms with E-state index in [0.717, 1.165) is 24.2 Å². The molecule has 0 unspecified atom stereocenters. The van der Waals surface area contributed by atoms with Crippen molar-refractivity contribution in [2.24, 2.45) is 0 Å². The molecule has 0 N–H and O–H groups in total. The van der Waals surface area contributed by atoms with Crippen molar-refractivity contribution in [3.63, 3.8) is 0 Å². The van der Waals surface area contributed by atoms with Gasteiger partial charge in [-0.1, -0.05) is 22.9 Å². The van der Waals surface area contributed by atoms with E-state index in [-0.39, 0.29) is 5.91 Å². The second kappa shape index (κ2) is 4.74. The van der Waals surface area contributed by atoms with Crippen molar-refractivity contribution in [3.05, 3.63) is 41.2 Å². The number of rotatable bonds is 3. The lowest BCUT2D eigenvalue weighted by atomic mass is 10.2. The maximum atomic E-state index is 12.2. The number of aromatic nitrogens is 3. The standard InChI is InChI=1S/C15H18N4O/c1-10-4-8-12(9-5-10)19-14(11-6-7-11)13(16-17-19)15(20)18(2)3/h4-5,8-9,11H,6-7H2,1-3H3. The van der Waals surface area contributed by atoms with Crippen LogP contribution in [0.4, 0.5) is 0 Å². The van der Waals surface area contributed by atoms with Crippen LogP contribution in [-0.2, 0) is 0 Å². The highest BCUT2D eigenvalue weighted by molar-refractivity contribution is 5.93. The number of hydrogen-bond donors (Lipinski definition) is 0. The smallest absolute Gasteiger partial charge is 0.275 e. The zero-order chi connectivity index (χ0) is 14.3. The molecule has 5 heteroatoms. The minimum atomic E-state index is -0.0785. The summed E-state index contributed by atoms with van der Waals surface area (Å²) in [6.07, 6.45) is 2.21. The number of carbonyl (C=O) groups is 1. The lowest BCUT2D eigenvalue weighted by Crippen LogP contribution is -2.23. The molecular weight excluding hydrogens is 252 g/mol. The summed E-state index contributed by atoms with van der Waals surface area (Å²) in [5.74, 6) is 0.329. The zero-order valence-electron chi connectivity index (χ0n) is 12.0. The van der Waals surface area contributed by atoms with Gasteiger partial charge in [0.25, 0.3) is 5.91 Å². The predicted octanol–water partition coefficient (Wildman–Crippen LogP) is 2.15. The number of benzene rings is 1. The minimum Gasteiger partial charge on any atom is -0.343 e. The van der Waals surface area contributed by atoms with E-state index in [4.69, 9.17) is 0 Å². The van der Waals surface area contributed by atoms with Gasteiger partial charge in [0.1, 0.15) is 0 Å². The fourth-order valence-electron chi connectivity index (χ4n) is 2.25. The monoisotopic (exact) mass is 270 g/mol. The van der Waals surface area contributed by atoms with Crippen LogP contribution in [0.15, 0.2) is 24.3 Å².